The highest BCUT2D eigenvalue weighted by Gasteiger charge is 2.33. The van der Waals surface area contributed by atoms with E-state index in [1.807, 2.05) is 6.92 Å². The van der Waals surface area contributed by atoms with E-state index in [-0.39, 0.29) is 18.4 Å². The van der Waals surface area contributed by atoms with Gasteiger partial charge in [0.1, 0.15) is 0 Å². The van der Waals surface area contributed by atoms with E-state index in [9.17, 15) is 13.2 Å². The fraction of sp³-hybridized carbons (Fsp3) is 0.435. The summed E-state index contributed by atoms with van der Waals surface area (Å²) < 4.78 is 27.3. The van der Waals surface area contributed by atoms with Crippen molar-refractivity contribution in [3.63, 3.8) is 0 Å². The average molecular weight is 447 g/mol. The van der Waals surface area contributed by atoms with Crippen LogP contribution in [0.4, 0.5) is 0 Å². The van der Waals surface area contributed by atoms with Crippen LogP contribution in [0.3, 0.4) is 0 Å². The molecule has 30 heavy (non-hydrogen) atoms. The molecule has 1 unspecified atom stereocenters. The van der Waals surface area contributed by atoms with Crippen molar-refractivity contribution in [3.8, 4) is 0 Å². The molecule has 1 heterocycles. The molecule has 1 atom stereocenters. The normalized spacial score (nSPS) is 17.6. The number of thioether (sulfide) groups is 1. The van der Waals surface area contributed by atoms with E-state index in [0.717, 1.165) is 23.5 Å². The number of carbonyl (C=O) groups excluding carboxylic acids is 1. The third-order valence-corrected chi connectivity index (χ3v) is 8.22. The lowest BCUT2D eigenvalue weighted by molar-refractivity contribution is -0.125. The lowest BCUT2D eigenvalue weighted by Gasteiger charge is -2.31. The Labute approximate surface area is 184 Å². The minimum atomic E-state index is -3.56. The molecule has 2 aromatic rings. The van der Waals surface area contributed by atoms with Crippen LogP contribution < -0.4 is 5.32 Å². The van der Waals surface area contributed by atoms with Crippen LogP contribution in [-0.4, -0.2) is 44.0 Å². The minimum absolute atomic E-state index is 0.0463. The molecule has 1 aliphatic rings. The predicted octanol–water partition coefficient (Wildman–Crippen LogP) is 3.75. The number of nitrogens with zero attached hydrogens (tertiary/aromatic N) is 1. The first-order valence-electron chi connectivity index (χ1n) is 10.3. The Morgan fingerprint density at radius 1 is 1.13 bits per heavy atom. The van der Waals surface area contributed by atoms with E-state index in [1.54, 1.807) is 36.0 Å². The van der Waals surface area contributed by atoms with Crippen molar-refractivity contribution >= 4 is 27.7 Å². The Kier molecular flexibility index (Phi) is 7.97. The standard InChI is InChI=1S/C23H30N2O3S2/c1-18-8-10-22(11-9-18)30(27,28)25-13-4-7-21(16-25)23(26)24-12-14-29-17-20-6-3-5-19(2)15-20/h3,5-6,8-11,15,21H,4,7,12-14,16-17H2,1-2H3,(H,24,26). The highest BCUT2D eigenvalue weighted by atomic mass is 32.2. The monoisotopic (exact) mass is 446 g/mol. The number of amides is 1. The lowest BCUT2D eigenvalue weighted by atomic mass is 9.99. The number of sulfonamides is 1. The lowest BCUT2D eigenvalue weighted by Crippen LogP contribution is -2.45. The molecule has 0 radical (unpaired) electrons. The van der Waals surface area contributed by atoms with Gasteiger partial charge in [-0.15, -0.1) is 0 Å². The van der Waals surface area contributed by atoms with Crippen LogP contribution in [0.25, 0.3) is 0 Å². The molecule has 2 aromatic carbocycles. The van der Waals surface area contributed by atoms with Crippen LogP contribution in [0.5, 0.6) is 0 Å². The number of hydrogen-bond acceptors (Lipinski definition) is 4. The smallest absolute Gasteiger partial charge is 0.243 e. The molecular formula is C23H30N2O3S2. The number of aryl methyl sites for hydroxylation is 2. The average Bonchev–Trinajstić information content (AvgIpc) is 2.74. The number of carbonyl (C=O) groups is 1. The highest BCUT2D eigenvalue weighted by molar-refractivity contribution is 7.98. The van der Waals surface area contributed by atoms with Crippen molar-refractivity contribution in [2.75, 3.05) is 25.4 Å². The highest BCUT2D eigenvalue weighted by Crippen LogP contribution is 2.24. The second kappa shape index (κ2) is 10.5. The maximum Gasteiger partial charge on any atom is 0.243 e. The van der Waals surface area contributed by atoms with Crippen molar-refractivity contribution in [3.05, 3.63) is 65.2 Å². The van der Waals surface area contributed by atoms with E-state index in [0.29, 0.717) is 24.4 Å². The van der Waals surface area contributed by atoms with Crippen molar-refractivity contribution < 1.29 is 13.2 Å². The summed E-state index contributed by atoms with van der Waals surface area (Å²) in [4.78, 5) is 12.9. The summed E-state index contributed by atoms with van der Waals surface area (Å²) in [6.07, 6.45) is 1.42. The first kappa shape index (κ1) is 22.8. The maximum absolute atomic E-state index is 12.9. The Bertz CT molecular complexity index is 959. The number of piperidine rings is 1. The van der Waals surface area contributed by atoms with E-state index in [1.165, 1.54) is 15.4 Å². The molecule has 162 valence electrons. The third-order valence-electron chi connectivity index (χ3n) is 5.31. The molecule has 5 nitrogen and oxygen atoms in total. The van der Waals surface area contributed by atoms with Gasteiger partial charge in [0.15, 0.2) is 0 Å². The Morgan fingerprint density at radius 3 is 2.63 bits per heavy atom. The first-order valence-corrected chi connectivity index (χ1v) is 12.9. The molecule has 0 bridgehead atoms. The van der Waals surface area contributed by atoms with E-state index in [2.05, 4.69) is 36.5 Å². The zero-order valence-electron chi connectivity index (χ0n) is 17.6. The number of benzene rings is 2. The number of nitrogens with one attached hydrogen (secondary N) is 1. The summed E-state index contributed by atoms with van der Waals surface area (Å²) in [5, 5.41) is 2.99. The van der Waals surface area contributed by atoms with Gasteiger partial charge < -0.3 is 5.32 Å². The second-order valence-corrected chi connectivity index (χ2v) is 10.9. The van der Waals surface area contributed by atoms with Crippen LogP contribution >= 0.6 is 11.8 Å². The molecule has 0 aliphatic carbocycles. The molecule has 1 fully saturated rings. The van der Waals surface area contributed by atoms with Crippen molar-refractivity contribution in [1.82, 2.24) is 9.62 Å². The zero-order chi connectivity index (χ0) is 21.6. The van der Waals surface area contributed by atoms with Crippen LogP contribution in [0.2, 0.25) is 0 Å². The topological polar surface area (TPSA) is 66.5 Å². The molecule has 0 spiro atoms. The van der Waals surface area contributed by atoms with Crippen molar-refractivity contribution in [2.45, 2.75) is 37.3 Å². The van der Waals surface area contributed by atoms with Crippen LogP contribution in [0, 0.1) is 19.8 Å². The molecule has 0 aromatic heterocycles. The first-order chi connectivity index (χ1) is 14.4. The second-order valence-electron chi connectivity index (χ2n) is 7.85. The van der Waals surface area contributed by atoms with Gasteiger partial charge in [0, 0.05) is 31.1 Å². The molecule has 1 amide bonds. The van der Waals surface area contributed by atoms with Crippen LogP contribution in [-0.2, 0) is 20.6 Å². The molecular weight excluding hydrogens is 416 g/mol. The van der Waals surface area contributed by atoms with Crippen LogP contribution in [0.1, 0.15) is 29.5 Å². The quantitative estimate of drug-likeness (QED) is 0.627. The van der Waals surface area contributed by atoms with Gasteiger partial charge in [-0.25, -0.2) is 8.42 Å². The van der Waals surface area contributed by atoms with E-state index >= 15 is 0 Å². The van der Waals surface area contributed by atoms with Gasteiger partial charge >= 0.3 is 0 Å². The fourth-order valence-electron chi connectivity index (χ4n) is 3.62. The largest absolute Gasteiger partial charge is 0.355 e. The molecule has 7 heteroatoms. The Balaban J connectivity index is 1.46. The summed E-state index contributed by atoms with van der Waals surface area (Å²) >= 11 is 1.79. The predicted molar refractivity (Wildman–Crippen MR) is 123 cm³/mol. The van der Waals surface area contributed by atoms with Crippen LogP contribution in [0.15, 0.2) is 53.4 Å². The van der Waals surface area contributed by atoms with Crippen molar-refractivity contribution in [1.29, 1.82) is 0 Å². The molecule has 1 N–H and O–H groups in total. The van der Waals surface area contributed by atoms with Gasteiger partial charge in [-0.05, 0) is 44.4 Å². The van der Waals surface area contributed by atoms with Gasteiger partial charge in [-0.2, -0.15) is 16.1 Å². The summed E-state index contributed by atoms with van der Waals surface area (Å²) in [6, 6.07) is 15.3. The number of rotatable bonds is 8. The van der Waals surface area contributed by atoms with E-state index in [4.69, 9.17) is 0 Å². The summed E-state index contributed by atoms with van der Waals surface area (Å²) in [7, 11) is -3.56. The van der Waals surface area contributed by atoms with Gasteiger partial charge in [-0.3, -0.25) is 4.79 Å². The molecule has 1 aliphatic heterocycles. The maximum atomic E-state index is 12.9. The zero-order valence-corrected chi connectivity index (χ0v) is 19.3. The minimum Gasteiger partial charge on any atom is -0.355 e. The Hall–Kier alpha value is -1.83. The summed E-state index contributed by atoms with van der Waals surface area (Å²) in [6.45, 7) is 5.32. The summed E-state index contributed by atoms with van der Waals surface area (Å²) in [5.41, 5.74) is 3.56. The SMILES string of the molecule is Cc1ccc(S(=O)(=O)N2CCCC(C(=O)NCCSCc3cccc(C)c3)C2)cc1. The fourth-order valence-corrected chi connectivity index (χ4v) is 5.95. The molecule has 3 rings (SSSR count). The van der Waals surface area contributed by atoms with Crippen molar-refractivity contribution in [2.24, 2.45) is 5.92 Å². The Morgan fingerprint density at radius 2 is 1.90 bits per heavy atom. The van der Waals surface area contributed by atoms with Gasteiger partial charge in [0.25, 0.3) is 0 Å². The van der Waals surface area contributed by atoms with Gasteiger partial charge in [0.2, 0.25) is 15.9 Å². The number of hydrogen-bond donors (Lipinski definition) is 1. The van der Waals surface area contributed by atoms with E-state index < -0.39 is 10.0 Å². The molecule has 1 saturated heterocycles. The van der Waals surface area contributed by atoms with Gasteiger partial charge in [-0.1, -0.05) is 47.5 Å². The summed E-state index contributed by atoms with van der Waals surface area (Å²) in [5.74, 6) is 1.41. The molecule has 0 saturated carbocycles. The third kappa shape index (κ3) is 6.09. The van der Waals surface area contributed by atoms with Gasteiger partial charge in [0.05, 0.1) is 10.8 Å².